The lowest BCUT2D eigenvalue weighted by Crippen LogP contribution is -2.70. The first-order chi connectivity index (χ1) is 12.2. The van der Waals surface area contributed by atoms with E-state index in [1.54, 1.807) is 62.6 Å². The number of rotatable bonds is 6. The highest BCUT2D eigenvalue weighted by Crippen LogP contribution is 2.33. The van der Waals surface area contributed by atoms with Crippen molar-refractivity contribution >= 4 is 17.6 Å². The number of carbonyl (C=O) groups is 2. The van der Waals surface area contributed by atoms with Crippen LogP contribution in [0, 0.1) is 0 Å². The zero-order chi connectivity index (χ0) is 17.8. The number of β-lactam (4-membered cyclic amide) rings is 1. The fraction of sp³-hybridized carbons (Fsp3) is 0.263. The van der Waals surface area contributed by atoms with E-state index in [1.807, 2.05) is 6.07 Å². The summed E-state index contributed by atoms with van der Waals surface area (Å²) in [6, 6.07) is 15.0. The van der Waals surface area contributed by atoms with Crippen molar-refractivity contribution in [1.29, 1.82) is 0 Å². The Morgan fingerprint density at radius 3 is 2.32 bits per heavy atom. The van der Waals surface area contributed by atoms with Gasteiger partial charge in [-0.2, -0.15) is 0 Å². The number of hydrogen-bond acceptors (Lipinski definition) is 5. The molecule has 2 aromatic carbocycles. The first-order valence-corrected chi connectivity index (χ1v) is 8.01. The van der Waals surface area contributed by atoms with E-state index in [-0.39, 0.29) is 12.5 Å². The van der Waals surface area contributed by atoms with Crippen molar-refractivity contribution in [3.8, 4) is 11.5 Å². The molecule has 2 aromatic rings. The van der Waals surface area contributed by atoms with Crippen molar-refractivity contribution in [3.63, 3.8) is 0 Å². The van der Waals surface area contributed by atoms with Gasteiger partial charge in [-0.15, -0.1) is 0 Å². The van der Waals surface area contributed by atoms with Crippen LogP contribution in [0.3, 0.4) is 0 Å². The average molecular weight is 341 g/mol. The summed E-state index contributed by atoms with van der Waals surface area (Å²) in [7, 11) is 1.56. The molecule has 1 fully saturated rings. The normalized spacial score (nSPS) is 19.1. The molecule has 1 saturated heterocycles. The van der Waals surface area contributed by atoms with Crippen LogP contribution < -0.4 is 14.4 Å². The van der Waals surface area contributed by atoms with Crippen molar-refractivity contribution in [1.82, 2.24) is 0 Å². The van der Waals surface area contributed by atoms with Crippen LogP contribution in [-0.2, 0) is 14.3 Å². The van der Waals surface area contributed by atoms with Crippen LogP contribution >= 0.6 is 0 Å². The monoisotopic (exact) mass is 341 g/mol. The highest BCUT2D eigenvalue weighted by atomic mass is 16.5. The fourth-order valence-electron chi connectivity index (χ4n) is 2.71. The highest BCUT2D eigenvalue weighted by Gasteiger charge is 2.55. The summed E-state index contributed by atoms with van der Waals surface area (Å²) in [6.07, 6.45) is -0.899. The standard InChI is InChI=1S/C19H19NO5/c1-3-24-19(22)16-17(25-15-7-5-4-6-8-15)18(21)20(16)13-9-11-14(23-2)12-10-13/h4-12,16-17H,3H2,1-2H3/t16-,17+/m0/s1. The van der Waals surface area contributed by atoms with Gasteiger partial charge in [0.05, 0.1) is 13.7 Å². The summed E-state index contributed by atoms with van der Waals surface area (Å²) in [5.41, 5.74) is 0.594. The molecule has 130 valence electrons. The first kappa shape index (κ1) is 16.8. The lowest BCUT2D eigenvalue weighted by atomic mass is 9.96. The maximum atomic E-state index is 12.6. The summed E-state index contributed by atoms with van der Waals surface area (Å²) < 4.78 is 16.0. The smallest absolute Gasteiger partial charge is 0.333 e. The second-order valence-electron chi connectivity index (χ2n) is 5.45. The molecule has 6 heteroatoms. The quantitative estimate of drug-likeness (QED) is 0.596. The van der Waals surface area contributed by atoms with Gasteiger partial charge in [0.1, 0.15) is 11.5 Å². The minimum absolute atomic E-state index is 0.234. The maximum Gasteiger partial charge on any atom is 0.333 e. The van der Waals surface area contributed by atoms with Gasteiger partial charge in [0.15, 0.2) is 6.04 Å². The molecule has 1 amide bonds. The second-order valence-corrected chi connectivity index (χ2v) is 5.45. The van der Waals surface area contributed by atoms with Gasteiger partial charge in [0.25, 0.3) is 5.91 Å². The summed E-state index contributed by atoms with van der Waals surface area (Å²) in [5.74, 6) is 0.428. The predicted molar refractivity (Wildman–Crippen MR) is 91.8 cm³/mol. The van der Waals surface area contributed by atoms with Gasteiger partial charge in [-0.25, -0.2) is 4.79 Å². The van der Waals surface area contributed by atoms with E-state index >= 15 is 0 Å². The van der Waals surface area contributed by atoms with Crippen molar-refractivity contribution < 1.29 is 23.8 Å². The Labute approximate surface area is 145 Å². The van der Waals surface area contributed by atoms with E-state index in [4.69, 9.17) is 14.2 Å². The number of para-hydroxylation sites is 1. The minimum Gasteiger partial charge on any atom is -0.497 e. The number of esters is 1. The molecule has 0 saturated carbocycles. The Hall–Kier alpha value is -3.02. The predicted octanol–water partition coefficient (Wildman–Crippen LogP) is 2.42. The molecule has 2 atom stereocenters. The van der Waals surface area contributed by atoms with Crippen LogP contribution in [0.4, 0.5) is 5.69 Å². The topological polar surface area (TPSA) is 65.1 Å². The van der Waals surface area contributed by atoms with Crippen molar-refractivity contribution in [2.75, 3.05) is 18.6 Å². The van der Waals surface area contributed by atoms with Crippen LogP contribution in [0.15, 0.2) is 54.6 Å². The number of nitrogens with zero attached hydrogens (tertiary/aromatic N) is 1. The van der Waals surface area contributed by atoms with Crippen molar-refractivity contribution in [2.45, 2.75) is 19.1 Å². The number of amides is 1. The Kier molecular flexibility index (Phi) is 4.88. The molecule has 0 unspecified atom stereocenters. The lowest BCUT2D eigenvalue weighted by Gasteiger charge is -2.44. The number of benzene rings is 2. The average Bonchev–Trinajstić information content (AvgIpc) is 2.65. The van der Waals surface area contributed by atoms with Gasteiger partial charge >= 0.3 is 5.97 Å². The molecule has 25 heavy (non-hydrogen) atoms. The van der Waals surface area contributed by atoms with E-state index in [1.165, 1.54) is 4.90 Å². The third kappa shape index (κ3) is 3.28. The third-order valence-corrected chi connectivity index (χ3v) is 3.93. The van der Waals surface area contributed by atoms with E-state index in [9.17, 15) is 9.59 Å². The molecule has 0 radical (unpaired) electrons. The number of anilines is 1. The molecular formula is C19H19NO5. The Morgan fingerprint density at radius 2 is 1.72 bits per heavy atom. The van der Waals surface area contributed by atoms with Crippen LogP contribution in [0.5, 0.6) is 11.5 Å². The number of ether oxygens (including phenoxy) is 3. The van der Waals surface area contributed by atoms with Crippen LogP contribution in [0.2, 0.25) is 0 Å². The second kappa shape index (κ2) is 7.25. The summed E-state index contributed by atoms with van der Waals surface area (Å²) in [4.78, 5) is 26.4. The van der Waals surface area contributed by atoms with Gasteiger partial charge < -0.3 is 14.2 Å². The molecule has 3 rings (SSSR count). The minimum atomic E-state index is -0.899. The number of carbonyl (C=O) groups excluding carboxylic acids is 2. The van der Waals surface area contributed by atoms with Crippen molar-refractivity contribution in [2.24, 2.45) is 0 Å². The van der Waals surface area contributed by atoms with E-state index in [2.05, 4.69) is 0 Å². The van der Waals surface area contributed by atoms with Crippen LogP contribution in [-0.4, -0.2) is 37.7 Å². The maximum absolute atomic E-state index is 12.6. The molecule has 0 bridgehead atoms. The highest BCUT2D eigenvalue weighted by molar-refractivity contribution is 6.12. The van der Waals surface area contributed by atoms with Gasteiger partial charge in [0.2, 0.25) is 6.10 Å². The van der Waals surface area contributed by atoms with Gasteiger partial charge in [-0.05, 0) is 43.3 Å². The fourth-order valence-corrected chi connectivity index (χ4v) is 2.71. The zero-order valence-electron chi connectivity index (χ0n) is 14.0. The lowest BCUT2D eigenvalue weighted by molar-refractivity contribution is -0.156. The van der Waals surface area contributed by atoms with Gasteiger partial charge in [-0.3, -0.25) is 9.69 Å². The molecule has 0 N–H and O–H groups in total. The molecule has 0 spiro atoms. The molecule has 1 aliphatic heterocycles. The SMILES string of the molecule is CCOC(=O)[C@@H]1[C@@H](Oc2ccccc2)C(=O)N1c1ccc(OC)cc1. The third-order valence-electron chi connectivity index (χ3n) is 3.93. The number of hydrogen-bond donors (Lipinski definition) is 0. The summed E-state index contributed by atoms with van der Waals surface area (Å²) in [6.45, 7) is 1.96. The Balaban J connectivity index is 1.84. The number of methoxy groups -OCH3 is 1. The largest absolute Gasteiger partial charge is 0.497 e. The van der Waals surface area contributed by atoms with E-state index in [0.717, 1.165) is 0 Å². The van der Waals surface area contributed by atoms with Crippen molar-refractivity contribution in [3.05, 3.63) is 54.6 Å². The first-order valence-electron chi connectivity index (χ1n) is 8.01. The Bertz CT molecular complexity index is 744. The molecule has 1 aliphatic rings. The Morgan fingerprint density at radius 1 is 1.04 bits per heavy atom. The zero-order valence-corrected chi connectivity index (χ0v) is 14.0. The van der Waals surface area contributed by atoms with E-state index in [0.29, 0.717) is 17.2 Å². The van der Waals surface area contributed by atoms with E-state index < -0.39 is 18.1 Å². The van der Waals surface area contributed by atoms with Gasteiger partial charge in [0, 0.05) is 5.69 Å². The van der Waals surface area contributed by atoms with Crippen LogP contribution in [0.25, 0.3) is 0 Å². The summed E-state index contributed by atoms with van der Waals surface area (Å²) >= 11 is 0. The molecule has 0 aliphatic carbocycles. The van der Waals surface area contributed by atoms with Crippen LogP contribution in [0.1, 0.15) is 6.92 Å². The summed E-state index contributed by atoms with van der Waals surface area (Å²) in [5, 5.41) is 0. The molecule has 6 nitrogen and oxygen atoms in total. The molecule has 0 aromatic heterocycles. The molecule has 1 heterocycles. The van der Waals surface area contributed by atoms with Gasteiger partial charge in [-0.1, -0.05) is 18.2 Å². The molecular weight excluding hydrogens is 322 g/mol.